The summed E-state index contributed by atoms with van der Waals surface area (Å²) in [6.45, 7) is -1.12. The van der Waals surface area contributed by atoms with Crippen molar-refractivity contribution < 1.29 is 13.2 Å². The van der Waals surface area contributed by atoms with Crippen molar-refractivity contribution >= 4 is 23.3 Å². The van der Waals surface area contributed by atoms with Gasteiger partial charge in [-0.25, -0.2) is 27.3 Å². The van der Waals surface area contributed by atoms with Crippen LogP contribution >= 0.6 is 11.6 Å². The molecular formula is C24H19ClF3N7O3. The number of halogens is 4. The Balaban J connectivity index is 1.87. The maximum Gasteiger partial charge on any atom is 0.355 e. The smallest absolute Gasteiger partial charge is 0.355 e. The first-order chi connectivity index (χ1) is 18.1. The predicted molar refractivity (Wildman–Crippen MR) is 135 cm³/mol. The SMILES string of the molecule is CN/C=C1/C=C(Nc2nc(=O)n(Cc3ccc[nH]c3=O)c(=O)n2Cc2cc(F)c(F)cc2F)C(Cl)=CC1=N. The Hall–Kier alpha value is -4.65. The number of H-pyrrole nitrogens is 1. The fourth-order valence-corrected chi connectivity index (χ4v) is 3.80. The summed E-state index contributed by atoms with van der Waals surface area (Å²) < 4.78 is 43.4. The lowest BCUT2D eigenvalue weighted by atomic mass is 10.0. The first-order valence-electron chi connectivity index (χ1n) is 10.9. The van der Waals surface area contributed by atoms with Crippen LogP contribution < -0.4 is 27.6 Å². The van der Waals surface area contributed by atoms with Crippen molar-refractivity contribution in [1.82, 2.24) is 24.4 Å². The molecule has 0 unspecified atom stereocenters. The maximum atomic E-state index is 14.5. The van der Waals surface area contributed by atoms with Crippen molar-refractivity contribution in [2.24, 2.45) is 0 Å². The molecule has 0 saturated carbocycles. The summed E-state index contributed by atoms with van der Waals surface area (Å²) in [5.41, 5.74) is -2.32. The second kappa shape index (κ2) is 10.8. The number of nitrogens with zero attached hydrogens (tertiary/aromatic N) is 3. The van der Waals surface area contributed by atoms with Gasteiger partial charge in [0.1, 0.15) is 5.82 Å². The molecule has 0 amide bonds. The molecule has 4 N–H and O–H groups in total. The molecule has 1 aromatic carbocycles. The average molecular weight is 546 g/mol. The fraction of sp³-hybridized carbons (Fsp3) is 0.125. The van der Waals surface area contributed by atoms with Gasteiger partial charge < -0.3 is 21.0 Å². The minimum Gasteiger partial charge on any atom is -0.393 e. The molecule has 38 heavy (non-hydrogen) atoms. The van der Waals surface area contributed by atoms with Gasteiger partial charge in [-0.3, -0.25) is 9.36 Å². The van der Waals surface area contributed by atoms with E-state index in [-0.39, 0.29) is 22.0 Å². The van der Waals surface area contributed by atoms with Crippen molar-refractivity contribution in [3.8, 4) is 0 Å². The molecule has 0 spiro atoms. The van der Waals surface area contributed by atoms with Crippen LogP contribution in [0.5, 0.6) is 0 Å². The zero-order chi connectivity index (χ0) is 27.6. The molecule has 4 rings (SSSR count). The summed E-state index contributed by atoms with van der Waals surface area (Å²) in [7, 11) is 1.62. The first-order valence-corrected chi connectivity index (χ1v) is 11.3. The molecule has 0 aliphatic heterocycles. The summed E-state index contributed by atoms with van der Waals surface area (Å²) in [5, 5.41) is 13.6. The molecule has 2 heterocycles. The van der Waals surface area contributed by atoms with Gasteiger partial charge in [-0.1, -0.05) is 17.7 Å². The van der Waals surface area contributed by atoms with Gasteiger partial charge in [-0.05, 0) is 24.3 Å². The molecule has 0 fully saturated rings. The van der Waals surface area contributed by atoms with Gasteiger partial charge in [-0.2, -0.15) is 4.98 Å². The molecule has 10 nitrogen and oxygen atoms in total. The third-order valence-electron chi connectivity index (χ3n) is 5.48. The zero-order valence-electron chi connectivity index (χ0n) is 19.6. The normalized spacial score (nSPS) is 14.3. The number of aromatic nitrogens is 4. The topological polar surface area (TPSA) is 138 Å². The van der Waals surface area contributed by atoms with Gasteiger partial charge in [0.2, 0.25) is 5.95 Å². The second-order valence-electron chi connectivity index (χ2n) is 8.03. The van der Waals surface area contributed by atoms with Crippen molar-refractivity contribution in [2.75, 3.05) is 12.4 Å². The molecule has 1 aliphatic carbocycles. The summed E-state index contributed by atoms with van der Waals surface area (Å²) in [5.74, 6) is -4.29. The van der Waals surface area contributed by atoms with Crippen molar-refractivity contribution in [3.63, 3.8) is 0 Å². The van der Waals surface area contributed by atoms with Gasteiger partial charge in [0, 0.05) is 42.2 Å². The molecule has 0 saturated heterocycles. The molecule has 196 valence electrons. The molecule has 3 aromatic rings. The van der Waals surface area contributed by atoms with E-state index in [4.69, 9.17) is 17.0 Å². The Labute approximate surface area is 216 Å². The number of hydrogen-bond donors (Lipinski definition) is 4. The Morgan fingerprint density at radius 1 is 1.05 bits per heavy atom. The Morgan fingerprint density at radius 2 is 1.76 bits per heavy atom. The highest BCUT2D eigenvalue weighted by atomic mass is 35.5. The summed E-state index contributed by atoms with van der Waals surface area (Å²) in [6.07, 6.45) is 5.64. The maximum absolute atomic E-state index is 14.5. The Kier molecular flexibility index (Phi) is 7.48. The number of hydrogen-bond acceptors (Lipinski definition) is 7. The van der Waals surface area contributed by atoms with E-state index in [0.717, 1.165) is 4.57 Å². The van der Waals surface area contributed by atoms with E-state index >= 15 is 0 Å². The molecule has 0 atom stereocenters. The van der Waals surface area contributed by atoms with Gasteiger partial charge in [0.15, 0.2) is 11.6 Å². The van der Waals surface area contributed by atoms with E-state index in [9.17, 15) is 27.6 Å². The van der Waals surface area contributed by atoms with Crippen molar-refractivity contribution in [2.45, 2.75) is 13.1 Å². The number of anilines is 1. The average Bonchev–Trinajstić information content (AvgIpc) is 2.86. The van der Waals surface area contributed by atoms with Crippen molar-refractivity contribution in [1.29, 1.82) is 5.41 Å². The molecule has 1 aliphatic rings. The quantitative estimate of drug-likeness (QED) is 0.336. The summed E-state index contributed by atoms with van der Waals surface area (Å²) >= 11 is 6.26. The minimum absolute atomic E-state index is 0.0445. The largest absolute Gasteiger partial charge is 0.393 e. The molecule has 2 aromatic heterocycles. The standard InChI is InChI=1S/C24H19ClF3N7O3/c1-30-9-13-6-20(15(25)7-19(13)29)32-22-33-23(37)35(10-12-3-2-4-31-21(12)36)24(38)34(22)11-14-5-17(27)18(28)8-16(14)26/h2-9,29-30H,10-11H2,1H3,(H,31,36)(H,32,33,37)/b13-9-,29-19?. The van der Waals surface area contributed by atoms with Crippen LogP contribution in [-0.2, 0) is 13.1 Å². The predicted octanol–water partition coefficient (Wildman–Crippen LogP) is 2.16. The molecule has 0 bridgehead atoms. The van der Waals surface area contributed by atoms with E-state index in [1.54, 1.807) is 7.05 Å². The van der Waals surface area contributed by atoms with Crippen LogP contribution in [0.15, 0.2) is 79.5 Å². The minimum atomic E-state index is -1.42. The van der Waals surface area contributed by atoms with E-state index in [2.05, 4.69) is 20.6 Å². The zero-order valence-corrected chi connectivity index (χ0v) is 20.4. The monoisotopic (exact) mass is 545 g/mol. The number of benzene rings is 1. The van der Waals surface area contributed by atoms with Gasteiger partial charge in [0.25, 0.3) is 5.56 Å². The number of allylic oxidation sites excluding steroid dienone is 4. The summed E-state index contributed by atoms with van der Waals surface area (Å²) in [4.78, 5) is 44.8. The van der Waals surface area contributed by atoms with Crippen molar-refractivity contribution in [3.05, 3.63) is 125 Å². The number of rotatable bonds is 7. The third-order valence-corrected chi connectivity index (χ3v) is 5.79. The third kappa shape index (κ3) is 5.37. The lowest BCUT2D eigenvalue weighted by Crippen LogP contribution is -2.44. The van der Waals surface area contributed by atoms with Gasteiger partial charge >= 0.3 is 11.4 Å². The Bertz CT molecular complexity index is 1720. The molecule has 0 radical (unpaired) electrons. The van der Waals surface area contributed by atoms with Crippen LogP contribution in [0.4, 0.5) is 19.1 Å². The highest BCUT2D eigenvalue weighted by Crippen LogP contribution is 2.24. The van der Waals surface area contributed by atoms with E-state index in [1.165, 1.54) is 36.7 Å². The van der Waals surface area contributed by atoms with Crippen LogP contribution in [0.3, 0.4) is 0 Å². The van der Waals surface area contributed by atoms with Gasteiger partial charge in [0.05, 0.1) is 29.5 Å². The first kappa shape index (κ1) is 26.4. The fourth-order valence-electron chi connectivity index (χ4n) is 3.59. The van der Waals surface area contributed by atoms with E-state index < -0.39 is 59.0 Å². The number of nitrogens with one attached hydrogen (secondary N) is 4. The van der Waals surface area contributed by atoms with Crippen LogP contribution in [0.25, 0.3) is 0 Å². The van der Waals surface area contributed by atoms with E-state index in [1.807, 2.05) is 0 Å². The van der Waals surface area contributed by atoms with Crippen LogP contribution in [0, 0.1) is 22.9 Å². The highest BCUT2D eigenvalue weighted by Gasteiger charge is 2.21. The van der Waals surface area contributed by atoms with Crippen LogP contribution in [0.2, 0.25) is 0 Å². The lowest BCUT2D eigenvalue weighted by molar-refractivity contribution is 0.485. The highest BCUT2D eigenvalue weighted by molar-refractivity contribution is 6.35. The second-order valence-corrected chi connectivity index (χ2v) is 8.44. The summed E-state index contributed by atoms with van der Waals surface area (Å²) in [6, 6.07) is 3.82. The van der Waals surface area contributed by atoms with Crippen LogP contribution in [-0.4, -0.2) is 31.9 Å². The Morgan fingerprint density at radius 3 is 2.47 bits per heavy atom. The molecule has 14 heteroatoms. The number of aromatic amines is 1. The van der Waals surface area contributed by atoms with Gasteiger partial charge in [-0.15, -0.1) is 0 Å². The van der Waals surface area contributed by atoms with Crippen LogP contribution in [0.1, 0.15) is 11.1 Å². The number of pyridine rings is 1. The molecular weight excluding hydrogens is 527 g/mol. The lowest BCUT2D eigenvalue weighted by Gasteiger charge is -2.19. The van der Waals surface area contributed by atoms with E-state index in [0.29, 0.717) is 22.3 Å².